The first-order valence-corrected chi connectivity index (χ1v) is 4.38. The molecule has 0 aliphatic rings. The van der Waals surface area contributed by atoms with E-state index in [2.05, 4.69) is 15.9 Å². The summed E-state index contributed by atoms with van der Waals surface area (Å²) in [4.78, 5) is 0. The van der Waals surface area contributed by atoms with Crippen molar-refractivity contribution in [2.24, 2.45) is 0 Å². The van der Waals surface area contributed by atoms with E-state index in [4.69, 9.17) is 4.74 Å². The average molecular weight is 233 g/mol. The van der Waals surface area contributed by atoms with Crippen LogP contribution in [0.4, 0.5) is 4.39 Å². The topological polar surface area (TPSA) is 9.23 Å². The Labute approximate surface area is 79.7 Å². The number of hydrogen-bond donors (Lipinski definition) is 0. The number of hydrogen-bond acceptors (Lipinski definition) is 1. The molecular formula is C9H10BrFO. The molecule has 0 unspecified atom stereocenters. The molecule has 0 fully saturated rings. The zero-order valence-electron chi connectivity index (χ0n) is 7.03. The lowest BCUT2D eigenvalue weighted by Crippen LogP contribution is -1.95. The van der Waals surface area contributed by atoms with Crippen molar-refractivity contribution in [1.29, 1.82) is 0 Å². The van der Waals surface area contributed by atoms with Crippen molar-refractivity contribution >= 4 is 15.9 Å². The lowest BCUT2D eigenvalue weighted by molar-refractivity contribution is 0.181. The van der Waals surface area contributed by atoms with E-state index in [9.17, 15) is 4.39 Å². The van der Waals surface area contributed by atoms with Gasteiger partial charge < -0.3 is 4.74 Å². The fourth-order valence-corrected chi connectivity index (χ4v) is 1.68. The fourth-order valence-electron chi connectivity index (χ4n) is 1.06. The van der Waals surface area contributed by atoms with Crippen molar-refractivity contribution in [3.8, 4) is 0 Å². The molecule has 0 saturated carbocycles. The van der Waals surface area contributed by atoms with Crippen LogP contribution in [0.5, 0.6) is 0 Å². The number of benzene rings is 1. The van der Waals surface area contributed by atoms with Crippen molar-refractivity contribution < 1.29 is 9.13 Å². The first-order chi connectivity index (χ1) is 5.65. The molecule has 1 rings (SSSR count). The predicted octanol–water partition coefficient (Wildman–Crippen LogP) is 3.04. The van der Waals surface area contributed by atoms with Gasteiger partial charge in [0, 0.05) is 17.1 Å². The van der Waals surface area contributed by atoms with Gasteiger partial charge >= 0.3 is 0 Å². The molecule has 0 bridgehead atoms. The van der Waals surface area contributed by atoms with E-state index in [0.29, 0.717) is 17.7 Å². The van der Waals surface area contributed by atoms with Gasteiger partial charge in [-0.3, -0.25) is 0 Å². The molecule has 1 nitrogen and oxygen atoms in total. The molecule has 1 aromatic rings. The van der Waals surface area contributed by atoms with Crippen molar-refractivity contribution in [2.75, 3.05) is 7.11 Å². The molecule has 0 heterocycles. The van der Waals surface area contributed by atoms with Gasteiger partial charge in [-0.05, 0) is 24.6 Å². The van der Waals surface area contributed by atoms with Gasteiger partial charge in [-0.1, -0.05) is 15.9 Å². The second kappa shape index (κ2) is 4.01. The Hall–Kier alpha value is -0.410. The molecule has 0 amide bonds. The molecule has 1 aromatic carbocycles. The molecule has 0 N–H and O–H groups in total. The quantitative estimate of drug-likeness (QED) is 0.762. The van der Waals surface area contributed by atoms with Gasteiger partial charge in [0.1, 0.15) is 5.82 Å². The van der Waals surface area contributed by atoms with E-state index in [0.717, 1.165) is 4.47 Å². The highest BCUT2D eigenvalue weighted by Gasteiger charge is 2.05. The predicted molar refractivity (Wildman–Crippen MR) is 49.6 cm³/mol. The number of methoxy groups -OCH3 is 1. The summed E-state index contributed by atoms with van der Waals surface area (Å²) < 4.78 is 19.0. The summed E-state index contributed by atoms with van der Waals surface area (Å²) in [6.07, 6.45) is 0. The lowest BCUT2D eigenvalue weighted by Gasteiger charge is -2.05. The van der Waals surface area contributed by atoms with Crippen molar-refractivity contribution in [3.05, 3.63) is 33.5 Å². The molecule has 0 radical (unpaired) electrons. The van der Waals surface area contributed by atoms with Gasteiger partial charge in [-0.25, -0.2) is 4.39 Å². The Morgan fingerprint density at radius 2 is 2.17 bits per heavy atom. The maximum atomic E-state index is 13.3. The van der Waals surface area contributed by atoms with Crippen LogP contribution in [0.3, 0.4) is 0 Å². The minimum absolute atomic E-state index is 0.181. The van der Waals surface area contributed by atoms with E-state index in [1.807, 2.05) is 0 Å². The molecule has 0 aliphatic carbocycles. The molecule has 3 heteroatoms. The van der Waals surface area contributed by atoms with E-state index >= 15 is 0 Å². The minimum Gasteiger partial charge on any atom is -0.380 e. The zero-order chi connectivity index (χ0) is 9.14. The first-order valence-electron chi connectivity index (χ1n) is 3.58. The lowest BCUT2D eigenvalue weighted by atomic mass is 10.1. The highest BCUT2D eigenvalue weighted by molar-refractivity contribution is 9.10. The molecular weight excluding hydrogens is 223 g/mol. The van der Waals surface area contributed by atoms with Gasteiger partial charge in [0.2, 0.25) is 0 Å². The summed E-state index contributed by atoms with van der Waals surface area (Å²) in [7, 11) is 1.55. The number of halogens is 2. The Morgan fingerprint density at radius 1 is 1.50 bits per heavy atom. The monoisotopic (exact) mass is 232 g/mol. The summed E-state index contributed by atoms with van der Waals surface area (Å²) in [5, 5.41) is 0. The van der Waals surface area contributed by atoms with E-state index in [-0.39, 0.29) is 5.82 Å². The standard InChI is InChI=1S/C9H10BrFO/c1-6-3-8(10)4-7(5-12-2)9(6)11/h3-4H,5H2,1-2H3. The van der Waals surface area contributed by atoms with Crippen LogP contribution < -0.4 is 0 Å². The maximum Gasteiger partial charge on any atom is 0.131 e. The van der Waals surface area contributed by atoms with Crippen LogP contribution in [0.15, 0.2) is 16.6 Å². The summed E-state index contributed by atoms with van der Waals surface area (Å²) in [6.45, 7) is 2.05. The molecule has 0 aliphatic heterocycles. The molecule has 0 saturated heterocycles. The second-order valence-electron chi connectivity index (χ2n) is 2.63. The Bertz CT molecular complexity index is 286. The maximum absolute atomic E-state index is 13.3. The van der Waals surface area contributed by atoms with E-state index < -0.39 is 0 Å². The summed E-state index contributed by atoms with van der Waals surface area (Å²) >= 11 is 3.29. The molecule has 12 heavy (non-hydrogen) atoms. The van der Waals surface area contributed by atoms with E-state index in [1.54, 1.807) is 26.2 Å². The molecule has 0 spiro atoms. The third-order valence-corrected chi connectivity index (χ3v) is 2.05. The van der Waals surface area contributed by atoms with Gasteiger partial charge in [-0.15, -0.1) is 0 Å². The number of ether oxygens (including phenoxy) is 1. The number of aryl methyl sites for hydroxylation is 1. The smallest absolute Gasteiger partial charge is 0.131 e. The van der Waals surface area contributed by atoms with Gasteiger partial charge in [-0.2, -0.15) is 0 Å². The van der Waals surface area contributed by atoms with Crippen LogP contribution in [0.2, 0.25) is 0 Å². The van der Waals surface area contributed by atoms with Gasteiger partial charge in [0.15, 0.2) is 0 Å². The van der Waals surface area contributed by atoms with Gasteiger partial charge in [0.25, 0.3) is 0 Å². The SMILES string of the molecule is COCc1cc(Br)cc(C)c1F. The average Bonchev–Trinajstić information content (AvgIpc) is 2.00. The van der Waals surface area contributed by atoms with Crippen molar-refractivity contribution in [2.45, 2.75) is 13.5 Å². The third-order valence-electron chi connectivity index (χ3n) is 1.59. The van der Waals surface area contributed by atoms with Crippen molar-refractivity contribution in [3.63, 3.8) is 0 Å². The highest BCUT2D eigenvalue weighted by atomic mass is 79.9. The molecule has 0 aromatic heterocycles. The van der Waals surface area contributed by atoms with Crippen LogP contribution in [0, 0.1) is 12.7 Å². The van der Waals surface area contributed by atoms with Crippen LogP contribution in [0.25, 0.3) is 0 Å². The second-order valence-corrected chi connectivity index (χ2v) is 3.54. The van der Waals surface area contributed by atoms with Crippen LogP contribution in [0.1, 0.15) is 11.1 Å². The normalized spacial score (nSPS) is 10.3. The summed E-state index contributed by atoms with van der Waals surface area (Å²) in [5.41, 5.74) is 1.22. The van der Waals surface area contributed by atoms with Crippen LogP contribution in [-0.4, -0.2) is 7.11 Å². The fraction of sp³-hybridized carbons (Fsp3) is 0.333. The minimum atomic E-state index is -0.181. The summed E-state index contributed by atoms with van der Waals surface area (Å²) in [6, 6.07) is 3.47. The largest absolute Gasteiger partial charge is 0.380 e. The van der Waals surface area contributed by atoms with Crippen LogP contribution in [-0.2, 0) is 11.3 Å². The molecule has 66 valence electrons. The number of rotatable bonds is 2. The highest BCUT2D eigenvalue weighted by Crippen LogP contribution is 2.20. The Morgan fingerprint density at radius 3 is 2.75 bits per heavy atom. The van der Waals surface area contributed by atoms with E-state index in [1.165, 1.54) is 0 Å². The van der Waals surface area contributed by atoms with Crippen LogP contribution >= 0.6 is 15.9 Å². The Balaban J connectivity index is 3.09. The Kier molecular flexibility index (Phi) is 3.23. The van der Waals surface area contributed by atoms with Gasteiger partial charge in [0.05, 0.1) is 6.61 Å². The van der Waals surface area contributed by atoms with Crippen molar-refractivity contribution in [1.82, 2.24) is 0 Å². The first kappa shape index (κ1) is 9.68. The zero-order valence-corrected chi connectivity index (χ0v) is 8.61. The summed E-state index contributed by atoms with van der Waals surface area (Å²) in [5.74, 6) is -0.181. The molecule has 0 atom stereocenters. The third kappa shape index (κ3) is 2.05.